The second-order valence-electron chi connectivity index (χ2n) is 16.9. The molecule has 3 aliphatic heterocycles. The van der Waals surface area contributed by atoms with Gasteiger partial charge in [0.05, 0.1) is 64.1 Å². The van der Waals surface area contributed by atoms with Crippen LogP contribution in [0.3, 0.4) is 0 Å². The molecule has 20 heteroatoms. The lowest BCUT2D eigenvalue weighted by molar-refractivity contribution is -0.359. The molecule has 0 radical (unpaired) electrons. The molecule has 3 aliphatic rings. The van der Waals surface area contributed by atoms with Crippen molar-refractivity contribution in [2.45, 2.75) is 121 Å². The standard InChI is InChI=1S/C44H63N5O15/c1-4-44(2,3)15-18-59-21-22-60-19-16-45-32(52)13-14-33(53)48-23-26-9-5-6-10-27(26)35-34(28-11-7-8-12-29(28)48)46-47-49(35)17-20-61-42-40(58)38(56)41(31(25-51)63-42)64-43-39(57)37(55)36(54)30(24-50)62-43/h5-12,30-31,36-43,50-51,54-58H,4,13-25H2,1-3H3,(H,45,52)/t30?,31-,36?,37?,38?,39?,40?,41?,42+,43?/m0/s1. The molecule has 0 bridgehead atoms. The van der Waals surface area contributed by atoms with E-state index in [4.69, 9.17) is 28.4 Å². The third-order valence-electron chi connectivity index (χ3n) is 12.0. The van der Waals surface area contributed by atoms with Crippen LogP contribution in [0.4, 0.5) is 5.69 Å². The molecule has 2 amide bonds. The quantitative estimate of drug-likeness (QED) is 0.0646. The van der Waals surface area contributed by atoms with Gasteiger partial charge in [0.15, 0.2) is 12.6 Å². The predicted molar refractivity (Wildman–Crippen MR) is 227 cm³/mol. The van der Waals surface area contributed by atoms with Gasteiger partial charge >= 0.3 is 0 Å². The molecule has 1 aromatic heterocycles. The van der Waals surface area contributed by atoms with Crippen LogP contribution in [-0.4, -0.2) is 177 Å². The fourth-order valence-corrected chi connectivity index (χ4v) is 7.70. The van der Waals surface area contributed by atoms with Gasteiger partial charge in [0.2, 0.25) is 11.8 Å². The number of hydrogen-bond donors (Lipinski definition) is 8. The average Bonchev–Trinajstić information content (AvgIpc) is 3.71. The van der Waals surface area contributed by atoms with Crippen LogP contribution >= 0.6 is 0 Å². The topological polar surface area (TPSA) is 277 Å². The fourth-order valence-electron chi connectivity index (χ4n) is 7.70. The van der Waals surface area contributed by atoms with Crippen LogP contribution in [0.15, 0.2) is 48.5 Å². The van der Waals surface area contributed by atoms with E-state index in [9.17, 15) is 45.3 Å². The molecule has 0 saturated carbocycles. The number of nitrogens with one attached hydrogen (secondary N) is 1. The first-order chi connectivity index (χ1) is 30.8. The molecule has 20 nitrogen and oxygen atoms in total. The van der Waals surface area contributed by atoms with Crippen LogP contribution in [0.2, 0.25) is 0 Å². The normalized spacial score (nSPS) is 26.9. The largest absolute Gasteiger partial charge is 0.394 e. The highest BCUT2D eigenvalue weighted by atomic mass is 16.7. The number of anilines is 1. The predicted octanol–water partition coefficient (Wildman–Crippen LogP) is -0.145. The summed E-state index contributed by atoms with van der Waals surface area (Å²) in [6, 6.07) is 14.8. The monoisotopic (exact) mass is 901 g/mol. The second-order valence-corrected chi connectivity index (χ2v) is 16.9. The number of rotatable bonds is 21. The number of ether oxygens (including phenoxy) is 6. The third kappa shape index (κ3) is 11.9. The van der Waals surface area contributed by atoms with Gasteiger partial charge in [0, 0.05) is 37.1 Å². The zero-order chi connectivity index (χ0) is 46.0. The number of aliphatic hydroxyl groups is 7. The average molecular weight is 902 g/mol. The van der Waals surface area contributed by atoms with E-state index in [1.165, 1.54) is 0 Å². The summed E-state index contributed by atoms with van der Waals surface area (Å²) in [6.07, 6.45) is -13.8. The summed E-state index contributed by atoms with van der Waals surface area (Å²) in [5, 5.41) is 84.3. The Bertz CT molecular complexity index is 1970. The van der Waals surface area contributed by atoms with Crippen LogP contribution in [0.5, 0.6) is 0 Å². The number of carbonyl (C=O) groups excluding carboxylic acids is 2. The van der Waals surface area contributed by atoms with Gasteiger partial charge in [-0.25, -0.2) is 4.68 Å². The number of para-hydroxylation sites is 1. The van der Waals surface area contributed by atoms with Gasteiger partial charge in [-0.1, -0.05) is 74.9 Å². The molecule has 6 rings (SSSR count). The molecule has 3 aromatic rings. The smallest absolute Gasteiger partial charge is 0.227 e. The third-order valence-corrected chi connectivity index (χ3v) is 12.0. The lowest BCUT2D eigenvalue weighted by Crippen LogP contribution is -2.64. The van der Waals surface area contributed by atoms with Crippen molar-refractivity contribution in [3.05, 3.63) is 54.1 Å². The van der Waals surface area contributed by atoms with Crippen LogP contribution in [-0.2, 0) is 51.1 Å². The van der Waals surface area contributed by atoms with E-state index in [0.29, 0.717) is 55.6 Å². The number of nitrogens with zero attached hydrogens (tertiary/aromatic N) is 4. The van der Waals surface area contributed by atoms with Crippen molar-refractivity contribution in [2.75, 3.05) is 57.7 Å². The van der Waals surface area contributed by atoms with E-state index < -0.39 is 74.6 Å². The van der Waals surface area contributed by atoms with Crippen molar-refractivity contribution < 1.29 is 73.8 Å². The molecule has 64 heavy (non-hydrogen) atoms. The van der Waals surface area contributed by atoms with Gasteiger partial charge in [-0.3, -0.25) is 9.59 Å². The van der Waals surface area contributed by atoms with Gasteiger partial charge in [-0.05, 0) is 23.5 Å². The lowest BCUT2D eigenvalue weighted by Gasteiger charge is -2.45. The second kappa shape index (κ2) is 22.9. The van der Waals surface area contributed by atoms with Crippen LogP contribution in [0, 0.1) is 5.41 Å². The summed E-state index contributed by atoms with van der Waals surface area (Å²) in [7, 11) is 0. The van der Waals surface area contributed by atoms with Crippen LogP contribution in [0.1, 0.15) is 52.0 Å². The van der Waals surface area contributed by atoms with Gasteiger partial charge in [0.25, 0.3) is 0 Å². The van der Waals surface area contributed by atoms with E-state index in [1.807, 2.05) is 48.5 Å². The molecule has 8 N–H and O–H groups in total. The molecular formula is C44H63N5O15. The highest BCUT2D eigenvalue weighted by Crippen LogP contribution is 2.41. The van der Waals surface area contributed by atoms with Gasteiger partial charge in [-0.15, -0.1) is 5.10 Å². The van der Waals surface area contributed by atoms with Crippen molar-refractivity contribution in [1.82, 2.24) is 20.3 Å². The Balaban J connectivity index is 1.06. The molecule has 4 heterocycles. The number of carbonyl (C=O) groups is 2. The van der Waals surface area contributed by atoms with Crippen molar-refractivity contribution in [3.8, 4) is 22.5 Å². The minimum Gasteiger partial charge on any atom is -0.394 e. The number of fused-ring (bicyclic) bond motifs is 5. The van der Waals surface area contributed by atoms with Crippen molar-refractivity contribution in [1.29, 1.82) is 0 Å². The maximum Gasteiger partial charge on any atom is 0.227 e. The van der Waals surface area contributed by atoms with Crippen molar-refractivity contribution in [2.24, 2.45) is 5.41 Å². The summed E-state index contributed by atoms with van der Waals surface area (Å²) in [5.41, 5.74) is 4.14. The number of aliphatic hydroxyl groups excluding tert-OH is 7. The van der Waals surface area contributed by atoms with E-state index >= 15 is 0 Å². The fraction of sp³-hybridized carbons (Fsp3) is 0.636. The summed E-state index contributed by atoms with van der Waals surface area (Å²) >= 11 is 0. The number of amides is 2. The molecule has 0 spiro atoms. The van der Waals surface area contributed by atoms with Gasteiger partial charge < -0.3 is 74.4 Å². The van der Waals surface area contributed by atoms with E-state index in [1.54, 1.807) is 9.58 Å². The minimum atomic E-state index is -1.79. The Morgan fingerprint density at radius 1 is 0.797 bits per heavy atom. The zero-order valence-corrected chi connectivity index (χ0v) is 36.5. The molecular weight excluding hydrogens is 839 g/mol. The Hall–Kier alpha value is -4.00. The summed E-state index contributed by atoms with van der Waals surface area (Å²) in [4.78, 5) is 28.4. The molecule has 2 fully saturated rings. The molecule has 10 atom stereocenters. The van der Waals surface area contributed by atoms with E-state index in [0.717, 1.165) is 24.0 Å². The zero-order valence-electron chi connectivity index (χ0n) is 36.5. The molecule has 0 aliphatic carbocycles. The number of aromatic nitrogens is 3. The summed E-state index contributed by atoms with van der Waals surface area (Å²) in [6.45, 7) is 7.54. The molecule has 2 aromatic carbocycles. The SMILES string of the molecule is CCC(C)(C)CCOCCOCCNC(=O)CCC(=O)N1Cc2ccccc2-c2c(nnn2CCO[C@@H]2O[C@@H](CO)C(OC3OC(CO)C(O)C(O)C3O)C(O)C2O)-c2ccccc21. The number of benzene rings is 2. The lowest BCUT2D eigenvalue weighted by atomic mass is 9.87. The van der Waals surface area contributed by atoms with Gasteiger partial charge in [-0.2, -0.15) is 0 Å². The molecule has 2 saturated heterocycles. The van der Waals surface area contributed by atoms with E-state index in [2.05, 4.69) is 36.4 Å². The molecule has 8 unspecified atom stereocenters. The van der Waals surface area contributed by atoms with Gasteiger partial charge in [0.1, 0.15) is 54.5 Å². The van der Waals surface area contributed by atoms with Crippen molar-refractivity contribution >= 4 is 17.5 Å². The Morgan fingerprint density at radius 2 is 1.47 bits per heavy atom. The van der Waals surface area contributed by atoms with Crippen molar-refractivity contribution in [3.63, 3.8) is 0 Å². The highest BCUT2D eigenvalue weighted by molar-refractivity contribution is 6.01. The minimum absolute atomic E-state index is 0.0156. The summed E-state index contributed by atoms with van der Waals surface area (Å²) in [5.74, 6) is -0.520. The van der Waals surface area contributed by atoms with Crippen LogP contribution < -0.4 is 10.2 Å². The number of hydrogen-bond acceptors (Lipinski definition) is 17. The van der Waals surface area contributed by atoms with Crippen LogP contribution in [0.25, 0.3) is 22.5 Å². The maximum absolute atomic E-state index is 13.9. The molecule has 354 valence electrons. The first-order valence-corrected chi connectivity index (χ1v) is 21.8. The Morgan fingerprint density at radius 3 is 2.20 bits per heavy atom. The summed E-state index contributed by atoms with van der Waals surface area (Å²) < 4.78 is 35.6. The van der Waals surface area contributed by atoms with E-state index in [-0.39, 0.29) is 49.8 Å². The Labute approximate surface area is 371 Å². The Kier molecular flexibility index (Phi) is 17.7. The highest BCUT2D eigenvalue weighted by Gasteiger charge is 2.50. The first-order valence-electron chi connectivity index (χ1n) is 21.8. The maximum atomic E-state index is 13.9. The first kappa shape index (κ1) is 49.4.